The molecule has 0 saturated heterocycles. The van der Waals surface area contributed by atoms with Gasteiger partial charge in [0.15, 0.2) is 0 Å². The Labute approximate surface area is 99.6 Å². The maximum absolute atomic E-state index is 11.6. The molecule has 1 aliphatic carbocycles. The predicted molar refractivity (Wildman–Crippen MR) is 67.2 cm³/mol. The highest BCUT2D eigenvalue weighted by atomic mass is 16.3. The van der Waals surface area contributed by atoms with E-state index in [2.05, 4.69) is 5.32 Å². The molecule has 0 heterocycles. The fourth-order valence-corrected chi connectivity index (χ4v) is 1.87. The maximum Gasteiger partial charge on any atom is 0.223 e. The topological polar surface area (TPSA) is 49.3 Å². The third-order valence-electron chi connectivity index (χ3n) is 2.96. The lowest BCUT2D eigenvalue weighted by molar-refractivity contribution is -0.126. The van der Waals surface area contributed by atoms with Crippen LogP contribution >= 0.6 is 0 Å². The van der Waals surface area contributed by atoms with Gasteiger partial charge >= 0.3 is 0 Å². The Bertz CT molecular complexity index is 177. The van der Waals surface area contributed by atoms with Crippen LogP contribution in [-0.4, -0.2) is 23.7 Å². The van der Waals surface area contributed by atoms with Gasteiger partial charge in [-0.2, -0.15) is 0 Å². The zero-order chi connectivity index (χ0) is 12.4. The number of carbonyl (C=O) groups excluding carboxylic acids is 1. The van der Waals surface area contributed by atoms with E-state index < -0.39 is 0 Å². The van der Waals surface area contributed by atoms with E-state index in [-0.39, 0.29) is 17.9 Å². The van der Waals surface area contributed by atoms with Gasteiger partial charge in [-0.1, -0.05) is 40.0 Å². The first-order chi connectivity index (χ1) is 7.74. The van der Waals surface area contributed by atoms with E-state index in [0.29, 0.717) is 13.0 Å². The largest absolute Gasteiger partial charge is 0.391 e. The zero-order valence-corrected chi connectivity index (χ0v) is 11.0. The highest BCUT2D eigenvalue weighted by Gasteiger charge is 2.20. The molecule has 0 bridgehead atoms. The van der Waals surface area contributed by atoms with Crippen molar-refractivity contribution in [3.63, 3.8) is 0 Å². The smallest absolute Gasteiger partial charge is 0.223 e. The van der Waals surface area contributed by atoms with Crippen LogP contribution in [0, 0.1) is 5.92 Å². The van der Waals surface area contributed by atoms with Crippen LogP contribution in [0.4, 0.5) is 0 Å². The van der Waals surface area contributed by atoms with Crippen molar-refractivity contribution in [3.05, 3.63) is 0 Å². The number of hydrogen-bond donors (Lipinski definition) is 2. The van der Waals surface area contributed by atoms with Crippen molar-refractivity contribution in [3.8, 4) is 0 Å². The molecule has 1 unspecified atom stereocenters. The second-order valence-corrected chi connectivity index (χ2v) is 4.14. The predicted octanol–water partition coefficient (Wildman–Crippen LogP) is 2.48. The molecule has 1 saturated carbocycles. The maximum atomic E-state index is 11.6. The Kier molecular flexibility index (Phi) is 9.30. The molecule has 0 aromatic rings. The molecule has 1 rings (SSSR count). The van der Waals surface area contributed by atoms with E-state index in [1.807, 2.05) is 20.8 Å². The van der Waals surface area contributed by atoms with Crippen molar-refractivity contribution in [1.29, 1.82) is 0 Å². The van der Waals surface area contributed by atoms with Crippen LogP contribution < -0.4 is 5.32 Å². The molecule has 3 nitrogen and oxygen atoms in total. The number of carbonyl (C=O) groups is 1. The second kappa shape index (κ2) is 9.64. The summed E-state index contributed by atoms with van der Waals surface area (Å²) in [7, 11) is 0. The van der Waals surface area contributed by atoms with Crippen molar-refractivity contribution in [2.24, 2.45) is 5.92 Å². The standard InChI is InChI=1S/C11H21NO2.C2H6/c1-2-10(13)8-12-11(14)9-6-4-3-5-7-9;1-2/h9-10,13H,2-8H2,1H3,(H,12,14);1-2H3. The Balaban J connectivity index is 0.00000106. The fourth-order valence-electron chi connectivity index (χ4n) is 1.87. The van der Waals surface area contributed by atoms with Crippen molar-refractivity contribution < 1.29 is 9.90 Å². The summed E-state index contributed by atoms with van der Waals surface area (Å²) in [4.78, 5) is 11.6. The van der Waals surface area contributed by atoms with Crippen molar-refractivity contribution in [2.75, 3.05) is 6.54 Å². The van der Waals surface area contributed by atoms with E-state index in [9.17, 15) is 9.90 Å². The monoisotopic (exact) mass is 229 g/mol. The van der Waals surface area contributed by atoms with Gasteiger partial charge in [-0.15, -0.1) is 0 Å². The van der Waals surface area contributed by atoms with E-state index in [4.69, 9.17) is 0 Å². The summed E-state index contributed by atoms with van der Waals surface area (Å²) in [5.74, 6) is 0.338. The molecular formula is C13H27NO2. The summed E-state index contributed by atoms with van der Waals surface area (Å²) in [5, 5.41) is 12.1. The summed E-state index contributed by atoms with van der Waals surface area (Å²) in [6.07, 6.45) is 5.97. The summed E-state index contributed by atoms with van der Waals surface area (Å²) < 4.78 is 0. The molecule has 2 N–H and O–H groups in total. The minimum Gasteiger partial charge on any atom is -0.391 e. The molecule has 0 aliphatic heterocycles. The van der Waals surface area contributed by atoms with E-state index in [1.165, 1.54) is 19.3 Å². The van der Waals surface area contributed by atoms with Gasteiger partial charge in [-0.3, -0.25) is 4.79 Å². The molecule has 1 fully saturated rings. The molecule has 96 valence electrons. The van der Waals surface area contributed by atoms with Gasteiger partial charge in [-0.05, 0) is 19.3 Å². The van der Waals surface area contributed by atoms with Crippen LogP contribution in [0.2, 0.25) is 0 Å². The summed E-state index contributed by atoms with van der Waals surface area (Å²) in [5.41, 5.74) is 0. The molecular weight excluding hydrogens is 202 g/mol. The molecule has 0 spiro atoms. The van der Waals surface area contributed by atoms with Crippen molar-refractivity contribution in [2.45, 2.75) is 65.4 Å². The normalized spacial score (nSPS) is 18.2. The molecule has 16 heavy (non-hydrogen) atoms. The van der Waals surface area contributed by atoms with Crippen LogP contribution in [0.15, 0.2) is 0 Å². The van der Waals surface area contributed by atoms with E-state index >= 15 is 0 Å². The van der Waals surface area contributed by atoms with Crippen LogP contribution in [0.5, 0.6) is 0 Å². The highest BCUT2D eigenvalue weighted by molar-refractivity contribution is 5.78. The number of nitrogens with one attached hydrogen (secondary N) is 1. The SMILES string of the molecule is CC.CCC(O)CNC(=O)C1CCCCC1. The van der Waals surface area contributed by atoms with Gasteiger partial charge in [0.1, 0.15) is 0 Å². The third-order valence-corrected chi connectivity index (χ3v) is 2.96. The van der Waals surface area contributed by atoms with Gasteiger partial charge < -0.3 is 10.4 Å². The van der Waals surface area contributed by atoms with Gasteiger partial charge in [0.2, 0.25) is 5.91 Å². The van der Waals surface area contributed by atoms with Gasteiger partial charge in [0.05, 0.1) is 6.10 Å². The first-order valence-electron chi connectivity index (χ1n) is 6.69. The molecule has 0 aromatic heterocycles. The summed E-state index contributed by atoms with van der Waals surface area (Å²) >= 11 is 0. The molecule has 1 atom stereocenters. The van der Waals surface area contributed by atoms with Crippen molar-refractivity contribution >= 4 is 5.91 Å². The van der Waals surface area contributed by atoms with Gasteiger partial charge in [0, 0.05) is 12.5 Å². The quantitative estimate of drug-likeness (QED) is 0.778. The molecule has 3 heteroatoms. The van der Waals surface area contributed by atoms with Gasteiger partial charge in [0.25, 0.3) is 0 Å². The summed E-state index contributed by atoms with van der Waals surface area (Å²) in [6.45, 7) is 6.32. The first-order valence-corrected chi connectivity index (χ1v) is 6.69. The van der Waals surface area contributed by atoms with E-state index in [1.54, 1.807) is 0 Å². The second-order valence-electron chi connectivity index (χ2n) is 4.14. The Morgan fingerprint density at radius 2 is 1.88 bits per heavy atom. The van der Waals surface area contributed by atoms with Gasteiger partial charge in [-0.25, -0.2) is 0 Å². The number of rotatable bonds is 4. The lowest BCUT2D eigenvalue weighted by atomic mass is 9.88. The Hall–Kier alpha value is -0.570. The molecule has 0 aromatic carbocycles. The average Bonchev–Trinajstić information content (AvgIpc) is 2.38. The fraction of sp³-hybridized carbons (Fsp3) is 0.923. The van der Waals surface area contributed by atoms with E-state index in [0.717, 1.165) is 12.8 Å². The minimum absolute atomic E-state index is 0.136. The lowest BCUT2D eigenvalue weighted by Crippen LogP contribution is -2.36. The van der Waals surface area contributed by atoms with Crippen LogP contribution in [0.1, 0.15) is 59.3 Å². The Morgan fingerprint density at radius 3 is 2.38 bits per heavy atom. The first kappa shape index (κ1) is 15.4. The Morgan fingerprint density at radius 1 is 1.31 bits per heavy atom. The minimum atomic E-state index is -0.387. The van der Waals surface area contributed by atoms with Crippen LogP contribution in [0.25, 0.3) is 0 Å². The molecule has 1 amide bonds. The third kappa shape index (κ3) is 6.11. The van der Waals surface area contributed by atoms with Crippen LogP contribution in [0.3, 0.4) is 0 Å². The number of hydrogen-bond acceptors (Lipinski definition) is 2. The zero-order valence-electron chi connectivity index (χ0n) is 11.0. The number of aliphatic hydroxyl groups is 1. The number of amides is 1. The number of aliphatic hydroxyl groups excluding tert-OH is 1. The molecule has 0 radical (unpaired) electrons. The van der Waals surface area contributed by atoms with Crippen molar-refractivity contribution in [1.82, 2.24) is 5.32 Å². The average molecular weight is 229 g/mol. The summed E-state index contributed by atoms with van der Waals surface area (Å²) in [6, 6.07) is 0. The van der Waals surface area contributed by atoms with Crippen LogP contribution in [-0.2, 0) is 4.79 Å². The molecule has 1 aliphatic rings. The lowest BCUT2D eigenvalue weighted by Gasteiger charge is -2.21. The highest BCUT2D eigenvalue weighted by Crippen LogP contribution is 2.23.